The third-order valence-corrected chi connectivity index (χ3v) is 5.36. The minimum Gasteiger partial charge on any atom is -0.506 e. The van der Waals surface area contributed by atoms with Crippen molar-refractivity contribution in [2.24, 2.45) is 0 Å². The SMILES string of the molecule is C[Si]1(c2ccccc2)Oc2ccccc2O1. The molecule has 3 heteroatoms. The second-order valence-electron chi connectivity index (χ2n) is 3.96. The highest BCUT2D eigenvalue weighted by Crippen LogP contribution is 2.36. The molecule has 80 valence electrons. The Morgan fingerprint density at radius 1 is 0.750 bits per heavy atom. The van der Waals surface area contributed by atoms with Gasteiger partial charge in [-0.1, -0.05) is 42.5 Å². The van der Waals surface area contributed by atoms with Crippen LogP contribution in [0.2, 0.25) is 6.55 Å². The van der Waals surface area contributed by atoms with Crippen molar-refractivity contribution in [3.05, 3.63) is 54.6 Å². The van der Waals surface area contributed by atoms with Gasteiger partial charge in [-0.3, -0.25) is 0 Å². The van der Waals surface area contributed by atoms with Crippen LogP contribution in [0.4, 0.5) is 0 Å². The van der Waals surface area contributed by atoms with Crippen LogP contribution in [0.25, 0.3) is 0 Å². The van der Waals surface area contributed by atoms with Gasteiger partial charge < -0.3 is 8.85 Å². The van der Waals surface area contributed by atoms with E-state index in [1.54, 1.807) is 0 Å². The van der Waals surface area contributed by atoms with Gasteiger partial charge in [0.05, 0.1) is 0 Å². The van der Waals surface area contributed by atoms with Gasteiger partial charge in [-0.2, -0.15) is 0 Å². The second kappa shape index (κ2) is 3.38. The molecular weight excluding hydrogens is 216 g/mol. The zero-order valence-corrected chi connectivity index (χ0v) is 10.0. The molecule has 0 saturated carbocycles. The fourth-order valence-electron chi connectivity index (χ4n) is 1.92. The molecule has 0 fully saturated rings. The Hall–Kier alpha value is -1.74. The zero-order valence-electron chi connectivity index (χ0n) is 9.01. The summed E-state index contributed by atoms with van der Waals surface area (Å²) < 4.78 is 12.0. The van der Waals surface area contributed by atoms with E-state index in [0.29, 0.717) is 0 Å². The quantitative estimate of drug-likeness (QED) is 0.698. The molecule has 0 atom stereocenters. The molecule has 0 aromatic heterocycles. The third-order valence-electron chi connectivity index (χ3n) is 2.76. The molecule has 16 heavy (non-hydrogen) atoms. The van der Waals surface area contributed by atoms with Crippen molar-refractivity contribution < 1.29 is 8.85 Å². The van der Waals surface area contributed by atoms with Crippen molar-refractivity contribution in [3.63, 3.8) is 0 Å². The molecular formula is C13H12O2Si. The summed E-state index contributed by atoms with van der Waals surface area (Å²) in [5.74, 6) is 1.72. The van der Waals surface area contributed by atoms with E-state index in [1.807, 2.05) is 42.5 Å². The van der Waals surface area contributed by atoms with E-state index in [4.69, 9.17) is 8.85 Å². The van der Waals surface area contributed by atoms with E-state index < -0.39 is 8.56 Å². The molecule has 1 aliphatic heterocycles. The van der Waals surface area contributed by atoms with Crippen molar-refractivity contribution in [3.8, 4) is 11.5 Å². The van der Waals surface area contributed by atoms with Gasteiger partial charge >= 0.3 is 8.56 Å². The topological polar surface area (TPSA) is 18.5 Å². The van der Waals surface area contributed by atoms with Crippen LogP contribution in [0.5, 0.6) is 11.5 Å². The Bertz CT molecular complexity index is 485. The Balaban J connectivity index is 2.01. The highest BCUT2D eigenvalue weighted by atomic mass is 28.4. The normalized spacial score (nSPS) is 16.1. The molecule has 0 unspecified atom stereocenters. The Kier molecular flexibility index (Phi) is 2.01. The van der Waals surface area contributed by atoms with Gasteiger partial charge in [-0.05, 0) is 12.1 Å². The lowest BCUT2D eigenvalue weighted by molar-refractivity contribution is 0.484. The average molecular weight is 228 g/mol. The first-order valence-electron chi connectivity index (χ1n) is 5.30. The molecule has 2 nitrogen and oxygen atoms in total. The molecule has 1 heterocycles. The molecule has 0 aliphatic carbocycles. The van der Waals surface area contributed by atoms with E-state index in [-0.39, 0.29) is 0 Å². The van der Waals surface area contributed by atoms with E-state index >= 15 is 0 Å². The van der Waals surface area contributed by atoms with Gasteiger partial charge in [0.15, 0.2) is 0 Å². The maximum absolute atomic E-state index is 6.00. The smallest absolute Gasteiger partial charge is 0.492 e. The van der Waals surface area contributed by atoms with E-state index in [1.165, 1.54) is 0 Å². The highest BCUT2D eigenvalue weighted by Gasteiger charge is 2.44. The highest BCUT2D eigenvalue weighted by molar-refractivity contribution is 6.81. The Morgan fingerprint density at radius 3 is 1.81 bits per heavy atom. The van der Waals surface area contributed by atoms with Gasteiger partial charge in [0.1, 0.15) is 11.5 Å². The Labute approximate surface area is 95.7 Å². The molecule has 0 N–H and O–H groups in total. The minimum atomic E-state index is -2.27. The number of fused-ring (bicyclic) bond motifs is 1. The van der Waals surface area contributed by atoms with Crippen LogP contribution in [0, 0.1) is 0 Å². The van der Waals surface area contributed by atoms with Crippen LogP contribution in [-0.4, -0.2) is 8.56 Å². The number of para-hydroxylation sites is 2. The second-order valence-corrected chi connectivity index (χ2v) is 6.84. The lowest BCUT2D eigenvalue weighted by Crippen LogP contribution is -2.53. The number of hydrogen-bond donors (Lipinski definition) is 0. The fourth-order valence-corrected chi connectivity index (χ4v) is 4.17. The summed E-state index contributed by atoms with van der Waals surface area (Å²) in [7, 11) is -2.27. The van der Waals surface area contributed by atoms with Gasteiger partial charge in [-0.25, -0.2) is 0 Å². The van der Waals surface area contributed by atoms with Crippen LogP contribution in [0.1, 0.15) is 0 Å². The maximum atomic E-state index is 6.00. The first-order chi connectivity index (χ1) is 7.78. The van der Waals surface area contributed by atoms with Crippen LogP contribution in [0.15, 0.2) is 54.6 Å². The van der Waals surface area contributed by atoms with E-state index in [0.717, 1.165) is 16.7 Å². The Morgan fingerprint density at radius 2 is 1.25 bits per heavy atom. The average Bonchev–Trinajstić information content (AvgIpc) is 2.68. The molecule has 0 saturated heterocycles. The largest absolute Gasteiger partial charge is 0.506 e. The van der Waals surface area contributed by atoms with Crippen molar-refractivity contribution in [1.82, 2.24) is 0 Å². The summed E-state index contributed by atoms with van der Waals surface area (Å²) in [5.41, 5.74) is 0. The van der Waals surface area contributed by atoms with Crippen molar-refractivity contribution in [1.29, 1.82) is 0 Å². The standard InChI is InChI=1S/C13H12O2Si/c1-16(11-7-3-2-4-8-11)14-12-9-5-6-10-13(12)15-16/h2-10H,1H3. The number of benzene rings is 2. The summed E-state index contributed by atoms with van der Waals surface area (Å²) in [5, 5.41) is 1.16. The molecule has 0 bridgehead atoms. The number of rotatable bonds is 1. The van der Waals surface area contributed by atoms with Crippen molar-refractivity contribution in [2.75, 3.05) is 0 Å². The van der Waals surface area contributed by atoms with Crippen molar-refractivity contribution in [2.45, 2.75) is 6.55 Å². The van der Waals surface area contributed by atoms with Crippen LogP contribution in [-0.2, 0) is 0 Å². The molecule has 0 spiro atoms. The molecule has 2 aromatic rings. The molecule has 0 radical (unpaired) electrons. The summed E-state index contributed by atoms with van der Waals surface area (Å²) in [6, 6.07) is 18.0. The summed E-state index contributed by atoms with van der Waals surface area (Å²) in [4.78, 5) is 0. The first kappa shape index (κ1) is 9.48. The summed E-state index contributed by atoms with van der Waals surface area (Å²) >= 11 is 0. The van der Waals surface area contributed by atoms with Crippen molar-refractivity contribution >= 4 is 13.7 Å². The van der Waals surface area contributed by atoms with Crippen LogP contribution >= 0.6 is 0 Å². The minimum absolute atomic E-state index is 0.862. The number of hydrogen-bond acceptors (Lipinski definition) is 2. The summed E-state index contributed by atoms with van der Waals surface area (Å²) in [6.07, 6.45) is 0. The lowest BCUT2D eigenvalue weighted by atomic mass is 10.3. The monoisotopic (exact) mass is 228 g/mol. The lowest BCUT2D eigenvalue weighted by Gasteiger charge is -2.18. The molecule has 2 aromatic carbocycles. The third kappa shape index (κ3) is 1.40. The zero-order chi connectivity index (χ0) is 11.0. The van der Waals surface area contributed by atoms with Crippen LogP contribution < -0.4 is 14.0 Å². The van der Waals surface area contributed by atoms with Crippen LogP contribution in [0.3, 0.4) is 0 Å². The van der Waals surface area contributed by atoms with Gasteiger partial charge in [0, 0.05) is 11.7 Å². The molecule has 3 rings (SSSR count). The van der Waals surface area contributed by atoms with E-state index in [2.05, 4.69) is 18.7 Å². The van der Waals surface area contributed by atoms with Gasteiger partial charge in [0.2, 0.25) is 0 Å². The predicted molar refractivity (Wildman–Crippen MR) is 65.4 cm³/mol. The van der Waals surface area contributed by atoms with E-state index in [9.17, 15) is 0 Å². The molecule has 1 aliphatic rings. The van der Waals surface area contributed by atoms with Gasteiger partial charge in [-0.15, -0.1) is 0 Å². The van der Waals surface area contributed by atoms with Gasteiger partial charge in [0.25, 0.3) is 0 Å². The fraction of sp³-hybridized carbons (Fsp3) is 0.0769. The predicted octanol–water partition coefficient (Wildman–Crippen LogP) is 2.44. The first-order valence-corrected chi connectivity index (χ1v) is 7.62. The molecule has 0 amide bonds. The summed E-state index contributed by atoms with van der Waals surface area (Å²) in [6.45, 7) is 2.07. The maximum Gasteiger partial charge on any atom is 0.492 e.